The summed E-state index contributed by atoms with van der Waals surface area (Å²) >= 11 is 0. The standard InChI is InChI=1S/C12H17N5O2/c1-3-13-10(14-4-2)17-7-5-12(6-8-17)9(18)15-11(19)16-12/h3-4H,1,5-8H2,2H3,(H2,15,16,18,19)/b13-10?,14-4-. The van der Waals surface area contributed by atoms with E-state index < -0.39 is 11.6 Å². The topological polar surface area (TPSA) is 86.2 Å². The lowest BCUT2D eigenvalue weighted by Gasteiger charge is -2.37. The monoisotopic (exact) mass is 263 g/mol. The van der Waals surface area contributed by atoms with Crippen LogP contribution >= 0.6 is 0 Å². The van der Waals surface area contributed by atoms with Gasteiger partial charge in [-0.1, -0.05) is 6.58 Å². The molecule has 2 saturated heterocycles. The van der Waals surface area contributed by atoms with Gasteiger partial charge in [-0.25, -0.2) is 14.8 Å². The molecule has 0 aromatic rings. The number of guanidine groups is 1. The summed E-state index contributed by atoms with van der Waals surface area (Å²) in [6.45, 7) is 6.59. The molecule has 2 rings (SSSR count). The van der Waals surface area contributed by atoms with Gasteiger partial charge in [0, 0.05) is 25.5 Å². The first kappa shape index (κ1) is 13.3. The van der Waals surface area contributed by atoms with E-state index in [-0.39, 0.29) is 5.91 Å². The number of nitrogens with one attached hydrogen (secondary N) is 2. The summed E-state index contributed by atoms with van der Waals surface area (Å²) in [5, 5.41) is 5.01. The van der Waals surface area contributed by atoms with Crippen molar-refractivity contribution in [3.05, 3.63) is 12.8 Å². The van der Waals surface area contributed by atoms with Gasteiger partial charge in [-0.15, -0.1) is 0 Å². The molecule has 0 aliphatic carbocycles. The summed E-state index contributed by atoms with van der Waals surface area (Å²) < 4.78 is 0. The molecule has 2 heterocycles. The second-order valence-corrected chi connectivity index (χ2v) is 4.48. The smallest absolute Gasteiger partial charge is 0.322 e. The molecule has 0 aromatic carbocycles. The molecule has 0 radical (unpaired) electrons. The van der Waals surface area contributed by atoms with Gasteiger partial charge < -0.3 is 10.2 Å². The van der Waals surface area contributed by atoms with Crippen LogP contribution in [0.25, 0.3) is 0 Å². The Morgan fingerprint density at radius 2 is 2.11 bits per heavy atom. The Bertz CT molecular complexity index is 461. The van der Waals surface area contributed by atoms with Gasteiger partial charge in [0.2, 0.25) is 5.96 Å². The number of carbonyl (C=O) groups is 2. The molecule has 0 bridgehead atoms. The first-order chi connectivity index (χ1) is 9.11. The SMILES string of the molecule is C=CN=C(/N=C\C)N1CCC2(CC1)NC(=O)NC2=O. The predicted molar refractivity (Wildman–Crippen MR) is 72.0 cm³/mol. The van der Waals surface area contributed by atoms with Crippen LogP contribution in [0.5, 0.6) is 0 Å². The third kappa shape index (κ3) is 2.49. The first-order valence-corrected chi connectivity index (χ1v) is 6.17. The number of piperidine rings is 1. The Morgan fingerprint density at radius 1 is 1.42 bits per heavy atom. The molecule has 2 aliphatic rings. The largest absolute Gasteiger partial charge is 0.341 e. The van der Waals surface area contributed by atoms with Gasteiger partial charge in [-0.3, -0.25) is 10.1 Å². The second-order valence-electron chi connectivity index (χ2n) is 4.48. The van der Waals surface area contributed by atoms with Crippen molar-refractivity contribution in [2.75, 3.05) is 13.1 Å². The number of imide groups is 1. The molecular formula is C12H17N5O2. The molecule has 0 unspecified atom stereocenters. The van der Waals surface area contributed by atoms with Gasteiger partial charge in [0.15, 0.2) is 0 Å². The minimum Gasteiger partial charge on any atom is -0.341 e. The molecule has 2 fully saturated rings. The number of urea groups is 1. The third-order valence-corrected chi connectivity index (χ3v) is 3.37. The molecule has 102 valence electrons. The minimum absolute atomic E-state index is 0.238. The summed E-state index contributed by atoms with van der Waals surface area (Å²) in [7, 11) is 0. The Morgan fingerprint density at radius 3 is 2.58 bits per heavy atom. The third-order valence-electron chi connectivity index (χ3n) is 3.37. The first-order valence-electron chi connectivity index (χ1n) is 6.17. The average Bonchev–Trinajstić information content (AvgIpc) is 2.65. The second kappa shape index (κ2) is 5.21. The van der Waals surface area contributed by atoms with E-state index in [0.29, 0.717) is 31.9 Å². The van der Waals surface area contributed by atoms with Gasteiger partial charge >= 0.3 is 6.03 Å². The zero-order valence-corrected chi connectivity index (χ0v) is 10.8. The fraction of sp³-hybridized carbons (Fsp3) is 0.500. The van der Waals surface area contributed by atoms with Crippen LogP contribution in [-0.4, -0.2) is 47.6 Å². The van der Waals surface area contributed by atoms with E-state index in [0.717, 1.165) is 0 Å². The van der Waals surface area contributed by atoms with Crippen molar-refractivity contribution in [1.82, 2.24) is 15.5 Å². The molecule has 0 aromatic heterocycles. The Kier molecular flexibility index (Phi) is 3.64. The van der Waals surface area contributed by atoms with Crippen molar-refractivity contribution in [1.29, 1.82) is 0 Å². The van der Waals surface area contributed by atoms with Crippen molar-refractivity contribution >= 4 is 24.1 Å². The number of aliphatic imine (C=N–C) groups is 2. The summed E-state index contributed by atoms with van der Waals surface area (Å²) in [5.74, 6) is 0.343. The summed E-state index contributed by atoms with van der Waals surface area (Å²) in [5.41, 5.74) is -0.761. The quantitative estimate of drug-likeness (QED) is 0.404. The van der Waals surface area contributed by atoms with Crippen LogP contribution in [0.15, 0.2) is 22.8 Å². The highest BCUT2D eigenvalue weighted by atomic mass is 16.2. The molecule has 19 heavy (non-hydrogen) atoms. The highest BCUT2D eigenvalue weighted by Gasteiger charge is 2.48. The highest BCUT2D eigenvalue weighted by molar-refractivity contribution is 6.07. The van der Waals surface area contributed by atoms with E-state index in [1.807, 2.05) is 11.8 Å². The average molecular weight is 263 g/mol. The van der Waals surface area contributed by atoms with E-state index in [1.54, 1.807) is 6.21 Å². The lowest BCUT2D eigenvalue weighted by molar-refractivity contribution is -0.125. The Hall–Kier alpha value is -2.18. The molecule has 1 spiro atoms. The van der Waals surface area contributed by atoms with Crippen LogP contribution in [0, 0.1) is 0 Å². The van der Waals surface area contributed by atoms with Crippen molar-refractivity contribution in [3.63, 3.8) is 0 Å². The zero-order chi connectivity index (χ0) is 13.9. The van der Waals surface area contributed by atoms with E-state index in [1.165, 1.54) is 6.20 Å². The number of carbonyl (C=O) groups excluding carboxylic acids is 2. The van der Waals surface area contributed by atoms with E-state index in [2.05, 4.69) is 27.2 Å². The number of hydrogen-bond donors (Lipinski definition) is 2. The van der Waals surface area contributed by atoms with Crippen LogP contribution in [0.1, 0.15) is 19.8 Å². The van der Waals surface area contributed by atoms with Crippen molar-refractivity contribution in [2.45, 2.75) is 25.3 Å². The zero-order valence-electron chi connectivity index (χ0n) is 10.8. The van der Waals surface area contributed by atoms with E-state index in [4.69, 9.17) is 0 Å². The van der Waals surface area contributed by atoms with Crippen molar-refractivity contribution in [2.24, 2.45) is 9.98 Å². The summed E-state index contributed by atoms with van der Waals surface area (Å²) in [6, 6.07) is -0.412. The van der Waals surface area contributed by atoms with Gasteiger partial charge in [0.1, 0.15) is 5.54 Å². The lowest BCUT2D eigenvalue weighted by atomic mass is 9.88. The van der Waals surface area contributed by atoms with E-state index >= 15 is 0 Å². The normalized spacial score (nSPS) is 22.8. The van der Waals surface area contributed by atoms with Crippen molar-refractivity contribution in [3.8, 4) is 0 Å². The summed E-state index contributed by atoms with van der Waals surface area (Å²) in [6.07, 6.45) is 4.19. The van der Waals surface area contributed by atoms with Crippen LogP contribution in [0.2, 0.25) is 0 Å². The number of hydrogen-bond acceptors (Lipinski definition) is 3. The van der Waals surface area contributed by atoms with Gasteiger partial charge in [0.05, 0.1) is 0 Å². The number of likely N-dealkylation sites (tertiary alicyclic amines) is 1. The predicted octanol–water partition coefficient (Wildman–Crippen LogP) is 0.251. The van der Waals surface area contributed by atoms with Crippen LogP contribution in [-0.2, 0) is 4.79 Å². The highest BCUT2D eigenvalue weighted by Crippen LogP contribution is 2.25. The minimum atomic E-state index is -0.761. The molecular weight excluding hydrogens is 246 g/mol. The van der Waals surface area contributed by atoms with Crippen molar-refractivity contribution < 1.29 is 9.59 Å². The van der Waals surface area contributed by atoms with Crippen LogP contribution < -0.4 is 10.6 Å². The van der Waals surface area contributed by atoms with Crippen LogP contribution in [0.3, 0.4) is 0 Å². The number of amides is 3. The molecule has 0 atom stereocenters. The van der Waals surface area contributed by atoms with Crippen LogP contribution in [0.4, 0.5) is 4.79 Å². The summed E-state index contributed by atoms with van der Waals surface area (Å²) in [4.78, 5) is 33.3. The molecule has 7 heteroatoms. The maximum Gasteiger partial charge on any atom is 0.322 e. The van der Waals surface area contributed by atoms with Gasteiger partial charge in [0.25, 0.3) is 5.91 Å². The fourth-order valence-corrected chi connectivity index (χ4v) is 2.36. The Labute approximate surface area is 111 Å². The van der Waals surface area contributed by atoms with Gasteiger partial charge in [-0.05, 0) is 19.8 Å². The molecule has 2 aliphatic heterocycles. The maximum atomic E-state index is 11.8. The number of rotatable bonds is 1. The molecule has 2 N–H and O–H groups in total. The Balaban J connectivity index is 2.06. The fourth-order valence-electron chi connectivity index (χ4n) is 2.36. The molecule has 0 saturated carbocycles. The molecule has 3 amide bonds. The molecule has 7 nitrogen and oxygen atoms in total. The lowest BCUT2D eigenvalue weighted by Crippen LogP contribution is -2.55. The number of nitrogens with zero attached hydrogens (tertiary/aromatic N) is 3. The maximum absolute atomic E-state index is 11.8. The van der Waals surface area contributed by atoms with E-state index in [9.17, 15) is 9.59 Å². The van der Waals surface area contributed by atoms with Gasteiger partial charge in [-0.2, -0.15) is 0 Å².